The number of rotatable bonds is 6. The molecule has 2 fully saturated rings. The second-order valence-electron chi connectivity index (χ2n) is 6.98. The summed E-state index contributed by atoms with van der Waals surface area (Å²) in [6.07, 6.45) is 9.95. The Morgan fingerprint density at radius 2 is 2.10 bits per heavy atom. The average Bonchev–Trinajstić information content (AvgIpc) is 3.18. The SMILES string of the molecule is CCCC1CCC(CNC2CC2)C(c2sccc2C)C1. The quantitative estimate of drug-likeness (QED) is 0.768. The van der Waals surface area contributed by atoms with Gasteiger partial charge in [-0.2, -0.15) is 0 Å². The van der Waals surface area contributed by atoms with E-state index in [4.69, 9.17) is 0 Å². The molecule has 1 heterocycles. The summed E-state index contributed by atoms with van der Waals surface area (Å²) in [5.74, 6) is 2.68. The molecule has 0 spiro atoms. The zero-order valence-corrected chi connectivity index (χ0v) is 13.8. The summed E-state index contributed by atoms with van der Waals surface area (Å²) in [4.78, 5) is 1.69. The van der Waals surface area contributed by atoms with Crippen molar-refractivity contribution < 1.29 is 0 Å². The molecule has 2 aliphatic carbocycles. The first kappa shape index (κ1) is 14.6. The van der Waals surface area contributed by atoms with E-state index in [1.54, 1.807) is 4.88 Å². The van der Waals surface area contributed by atoms with Crippen LogP contribution in [-0.2, 0) is 0 Å². The molecule has 0 saturated heterocycles. The zero-order chi connectivity index (χ0) is 13.9. The van der Waals surface area contributed by atoms with Crippen molar-refractivity contribution in [1.29, 1.82) is 0 Å². The van der Waals surface area contributed by atoms with Gasteiger partial charge >= 0.3 is 0 Å². The fourth-order valence-electron chi connectivity index (χ4n) is 3.93. The molecule has 2 heteroatoms. The Bertz CT molecular complexity index is 421. The van der Waals surface area contributed by atoms with Crippen molar-refractivity contribution in [3.8, 4) is 0 Å². The van der Waals surface area contributed by atoms with Gasteiger partial charge < -0.3 is 5.32 Å². The summed E-state index contributed by atoms with van der Waals surface area (Å²) >= 11 is 2.00. The maximum absolute atomic E-state index is 3.79. The Balaban J connectivity index is 1.68. The van der Waals surface area contributed by atoms with Crippen LogP contribution in [0.2, 0.25) is 0 Å². The number of hydrogen-bond donors (Lipinski definition) is 1. The molecule has 1 aromatic rings. The highest BCUT2D eigenvalue weighted by Gasteiger charge is 2.33. The monoisotopic (exact) mass is 291 g/mol. The molecule has 0 radical (unpaired) electrons. The van der Waals surface area contributed by atoms with Gasteiger partial charge in [0.25, 0.3) is 0 Å². The maximum Gasteiger partial charge on any atom is 0.0109 e. The molecule has 3 atom stereocenters. The summed E-state index contributed by atoms with van der Waals surface area (Å²) in [7, 11) is 0. The van der Waals surface area contributed by atoms with Crippen LogP contribution >= 0.6 is 11.3 Å². The lowest BCUT2D eigenvalue weighted by Crippen LogP contribution is -2.33. The van der Waals surface area contributed by atoms with Crippen LogP contribution in [0.3, 0.4) is 0 Å². The summed E-state index contributed by atoms with van der Waals surface area (Å²) < 4.78 is 0. The van der Waals surface area contributed by atoms with Crippen LogP contribution in [0.5, 0.6) is 0 Å². The van der Waals surface area contributed by atoms with Crippen LogP contribution in [0.15, 0.2) is 11.4 Å². The number of aryl methyl sites for hydroxylation is 1. The number of nitrogens with one attached hydrogen (secondary N) is 1. The Kier molecular flexibility index (Phi) is 4.83. The van der Waals surface area contributed by atoms with Crippen LogP contribution in [-0.4, -0.2) is 12.6 Å². The minimum Gasteiger partial charge on any atom is -0.314 e. The van der Waals surface area contributed by atoms with E-state index < -0.39 is 0 Å². The average molecular weight is 292 g/mol. The number of thiophene rings is 1. The smallest absolute Gasteiger partial charge is 0.0109 e. The van der Waals surface area contributed by atoms with Gasteiger partial charge in [0.05, 0.1) is 0 Å². The summed E-state index contributed by atoms with van der Waals surface area (Å²) in [6.45, 7) is 5.90. The van der Waals surface area contributed by atoms with E-state index in [1.807, 2.05) is 11.3 Å². The van der Waals surface area contributed by atoms with Crippen molar-refractivity contribution in [3.05, 3.63) is 21.9 Å². The highest BCUT2D eigenvalue weighted by atomic mass is 32.1. The zero-order valence-electron chi connectivity index (χ0n) is 13.0. The first-order chi connectivity index (χ1) is 9.78. The first-order valence-corrected chi connectivity index (χ1v) is 9.43. The number of hydrogen-bond acceptors (Lipinski definition) is 2. The van der Waals surface area contributed by atoms with Gasteiger partial charge in [-0.1, -0.05) is 26.2 Å². The van der Waals surface area contributed by atoms with Crippen molar-refractivity contribution in [2.24, 2.45) is 11.8 Å². The Hall–Kier alpha value is -0.340. The minimum atomic E-state index is 0.826. The third-order valence-corrected chi connectivity index (χ3v) is 6.43. The second kappa shape index (κ2) is 6.62. The van der Waals surface area contributed by atoms with Crippen LogP contribution in [0.1, 0.15) is 68.2 Å². The van der Waals surface area contributed by atoms with Crippen LogP contribution < -0.4 is 5.32 Å². The highest BCUT2D eigenvalue weighted by molar-refractivity contribution is 7.10. The lowest BCUT2D eigenvalue weighted by Gasteiger charge is -2.36. The molecule has 1 nitrogen and oxygen atoms in total. The summed E-state index contributed by atoms with van der Waals surface area (Å²) in [6, 6.07) is 3.17. The molecule has 112 valence electrons. The third kappa shape index (κ3) is 3.46. The lowest BCUT2D eigenvalue weighted by atomic mass is 9.71. The molecule has 0 amide bonds. The van der Waals surface area contributed by atoms with E-state index in [2.05, 4.69) is 30.6 Å². The summed E-state index contributed by atoms with van der Waals surface area (Å²) in [5, 5.41) is 6.08. The predicted octanol–water partition coefficient (Wildman–Crippen LogP) is 5.11. The van der Waals surface area contributed by atoms with Crippen molar-refractivity contribution >= 4 is 11.3 Å². The predicted molar refractivity (Wildman–Crippen MR) is 88.6 cm³/mol. The third-order valence-electron chi connectivity index (χ3n) is 5.28. The molecule has 20 heavy (non-hydrogen) atoms. The Morgan fingerprint density at radius 3 is 2.75 bits per heavy atom. The van der Waals surface area contributed by atoms with E-state index in [0.29, 0.717) is 0 Å². The van der Waals surface area contributed by atoms with Crippen molar-refractivity contribution in [2.75, 3.05) is 6.54 Å². The molecule has 0 bridgehead atoms. The topological polar surface area (TPSA) is 12.0 Å². The van der Waals surface area contributed by atoms with Gasteiger partial charge in [-0.15, -0.1) is 11.3 Å². The van der Waals surface area contributed by atoms with E-state index in [1.165, 1.54) is 57.1 Å². The van der Waals surface area contributed by atoms with E-state index in [0.717, 1.165) is 23.8 Å². The summed E-state index contributed by atoms with van der Waals surface area (Å²) in [5.41, 5.74) is 1.54. The maximum atomic E-state index is 3.79. The molecule has 2 saturated carbocycles. The first-order valence-electron chi connectivity index (χ1n) is 8.55. The van der Waals surface area contributed by atoms with E-state index in [9.17, 15) is 0 Å². The van der Waals surface area contributed by atoms with E-state index >= 15 is 0 Å². The van der Waals surface area contributed by atoms with Crippen molar-refractivity contribution in [2.45, 2.75) is 70.8 Å². The van der Waals surface area contributed by atoms with Gasteiger partial charge in [-0.25, -0.2) is 0 Å². The standard InChI is InChI=1S/C18H29NS/c1-3-4-14-5-6-15(12-19-16-7-8-16)17(11-14)18-13(2)9-10-20-18/h9-10,14-17,19H,3-8,11-12H2,1-2H3. The van der Waals surface area contributed by atoms with Gasteiger partial charge in [0, 0.05) is 10.9 Å². The highest BCUT2D eigenvalue weighted by Crippen LogP contribution is 2.44. The van der Waals surface area contributed by atoms with Gasteiger partial charge in [0.15, 0.2) is 0 Å². The molecule has 0 aromatic carbocycles. The minimum absolute atomic E-state index is 0.826. The van der Waals surface area contributed by atoms with Gasteiger partial charge in [0.2, 0.25) is 0 Å². The van der Waals surface area contributed by atoms with Crippen LogP contribution in [0, 0.1) is 18.8 Å². The van der Waals surface area contributed by atoms with Crippen LogP contribution in [0.4, 0.5) is 0 Å². The van der Waals surface area contributed by atoms with Crippen molar-refractivity contribution in [3.63, 3.8) is 0 Å². The fourth-order valence-corrected chi connectivity index (χ4v) is 5.06. The van der Waals surface area contributed by atoms with Gasteiger partial charge in [-0.3, -0.25) is 0 Å². The molecule has 1 aromatic heterocycles. The molecular formula is C18H29NS. The Labute approximate surface area is 128 Å². The fraction of sp³-hybridized carbons (Fsp3) is 0.778. The van der Waals surface area contributed by atoms with Crippen LogP contribution in [0.25, 0.3) is 0 Å². The van der Waals surface area contributed by atoms with Gasteiger partial charge in [-0.05, 0) is 73.9 Å². The molecular weight excluding hydrogens is 262 g/mol. The lowest BCUT2D eigenvalue weighted by molar-refractivity contribution is 0.222. The normalized spacial score (nSPS) is 30.6. The molecule has 2 aliphatic rings. The largest absolute Gasteiger partial charge is 0.314 e. The van der Waals surface area contributed by atoms with Gasteiger partial charge in [0.1, 0.15) is 0 Å². The second-order valence-corrected chi connectivity index (χ2v) is 7.93. The molecule has 3 unspecified atom stereocenters. The van der Waals surface area contributed by atoms with E-state index in [-0.39, 0.29) is 0 Å². The molecule has 1 N–H and O–H groups in total. The molecule has 0 aliphatic heterocycles. The molecule has 3 rings (SSSR count). The van der Waals surface area contributed by atoms with Crippen molar-refractivity contribution in [1.82, 2.24) is 5.32 Å². The Morgan fingerprint density at radius 1 is 1.25 bits per heavy atom.